The molecule has 0 aliphatic heterocycles. The highest BCUT2D eigenvalue weighted by atomic mass is 32.2. The van der Waals surface area contributed by atoms with Gasteiger partial charge in [-0.05, 0) is 39.0 Å². The van der Waals surface area contributed by atoms with Gasteiger partial charge in [0.25, 0.3) is 0 Å². The van der Waals surface area contributed by atoms with E-state index in [1.165, 1.54) is 44.9 Å². The van der Waals surface area contributed by atoms with E-state index in [0.717, 1.165) is 11.7 Å². The first-order chi connectivity index (χ1) is 8.61. The number of rotatable bonds is 7. The van der Waals surface area contributed by atoms with Gasteiger partial charge in [0.05, 0.1) is 6.61 Å². The minimum Gasteiger partial charge on any atom is -0.394 e. The number of aliphatic hydroxyl groups is 1. The van der Waals surface area contributed by atoms with Crippen LogP contribution in [0, 0.1) is 0 Å². The fourth-order valence-corrected chi connectivity index (χ4v) is 4.83. The van der Waals surface area contributed by atoms with E-state index in [4.69, 9.17) is 0 Å². The molecule has 18 heavy (non-hydrogen) atoms. The van der Waals surface area contributed by atoms with Gasteiger partial charge in [0.1, 0.15) is 0 Å². The summed E-state index contributed by atoms with van der Waals surface area (Å²) in [5.41, 5.74) is -0.0672. The molecule has 2 fully saturated rings. The Labute approximate surface area is 116 Å². The average Bonchev–Trinajstić information content (AvgIpc) is 3.13. The average molecular weight is 271 g/mol. The van der Waals surface area contributed by atoms with Crippen LogP contribution in [0.3, 0.4) is 0 Å². The molecule has 0 aromatic rings. The van der Waals surface area contributed by atoms with E-state index in [2.05, 4.69) is 30.9 Å². The van der Waals surface area contributed by atoms with Crippen LogP contribution in [0.25, 0.3) is 0 Å². The minimum absolute atomic E-state index is 0.0672. The molecule has 2 aliphatic rings. The molecule has 2 rings (SSSR count). The molecule has 2 aliphatic carbocycles. The van der Waals surface area contributed by atoms with Gasteiger partial charge in [0.15, 0.2) is 0 Å². The van der Waals surface area contributed by atoms with Crippen LogP contribution in [0.1, 0.15) is 65.2 Å². The fraction of sp³-hybridized carbons (Fsp3) is 1.00. The molecular formula is C15H29NOS. The Balaban J connectivity index is 1.74. The van der Waals surface area contributed by atoms with Gasteiger partial charge in [-0.2, -0.15) is 11.8 Å². The number of hydrogen-bond acceptors (Lipinski definition) is 3. The minimum atomic E-state index is -0.0672. The number of hydrogen-bond donors (Lipinski definition) is 2. The monoisotopic (exact) mass is 271 g/mol. The van der Waals surface area contributed by atoms with Gasteiger partial charge in [-0.25, -0.2) is 0 Å². The molecule has 2 N–H and O–H groups in total. The Morgan fingerprint density at radius 2 is 1.89 bits per heavy atom. The number of nitrogens with one attached hydrogen (secondary N) is 1. The molecule has 0 spiro atoms. The van der Waals surface area contributed by atoms with Gasteiger partial charge in [0, 0.05) is 22.1 Å². The summed E-state index contributed by atoms with van der Waals surface area (Å²) in [6, 6.07) is 0.675. The molecule has 0 aromatic carbocycles. The second-order valence-electron chi connectivity index (χ2n) is 6.55. The summed E-state index contributed by atoms with van der Waals surface area (Å²) in [7, 11) is 0. The standard InChI is InChI=1S/C15H29NOS/c1-12(18-14-6-4-3-5-7-14)10-15(2,11-17)16-13-8-9-13/h12-14,16-17H,3-11H2,1-2H3. The van der Waals surface area contributed by atoms with E-state index in [0.29, 0.717) is 11.3 Å². The Kier molecular flexibility index (Phi) is 5.40. The van der Waals surface area contributed by atoms with E-state index in [9.17, 15) is 5.11 Å². The first-order valence-corrected chi connectivity index (χ1v) is 8.59. The van der Waals surface area contributed by atoms with E-state index in [1.54, 1.807) is 0 Å². The molecule has 0 bridgehead atoms. The lowest BCUT2D eigenvalue weighted by Gasteiger charge is -2.33. The smallest absolute Gasteiger partial charge is 0.0611 e. The quantitative estimate of drug-likeness (QED) is 0.745. The normalized spacial score (nSPS) is 26.8. The molecule has 2 unspecified atom stereocenters. The molecule has 2 nitrogen and oxygen atoms in total. The van der Waals surface area contributed by atoms with Crippen LogP contribution < -0.4 is 5.32 Å². The first-order valence-electron chi connectivity index (χ1n) is 7.65. The molecule has 3 heteroatoms. The largest absolute Gasteiger partial charge is 0.394 e. The van der Waals surface area contributed by atoms with E-state index >= 15 is 0 Å². The van der Waals surface area contributed by atoms with E-state index < -0.39 is 0 Å². The van der Waals surface area contributed by atoms with Crippen molar-refractivity contribution < 1.29 is 5.11 Å². The van der Waals surface area contributed by atoms with Crippen molar-refractivity contribution in [2.45, 2.75) is 87.3 Å². The molecule has 0 amide bonds. The summed E-state index contributed by atoms with van der Waals surface area (Å²) in [5, 5.41) is 14.8. The third kappa shape index (κ3) is 4.75. The van der Waals surface area contributed by atoms with Crippen LogP contribution in [-0.4, -0.2) is 33.8 Å². The number of thioether (sulfide) groups is 1. The van der Waals surface area contributed by atoms with Crippen molar-refractivity contribution in [3.05, 3.63) is 0 Å². The maximum atomic E-state index is 9.64. The number of aliphatic hydroxyl groups excluding tert-OH is 1. The summed E-state index contributed by atoms with van der Waals surface area (Å²) in [6.45, 7) is 4.78. The summed E-state index contributed by atoms with van der Waals surface area (Å²) >= 11 is 2.16. The van der Waals surface area contributed by atoms with Gasteiger partial charge < -0.3 is 10.4 Å². The summed E-state index contributed by atoms with van der Waals surface area (Å²) in [6.07, 6.45) is 10.7. The highest BCUT2D eigenvalue weighted by molar-refractivity contribution is 8.00. The lowest BCUT2D eigenvalue weighted by Crippen LogP contribution is -2.48. The first kappa shape index (κ1) is 14.7. The third-order valence-electron chi connectivity index (χ3n) is 4.19. The van der Waals surface area contributed by atoms with Crippen LogP contribution in [0.15, 0.2) is 0 Å². The van der Waals surface area contributed by atoms with Crippen molar-refractivity contribution in [3.8, 4) is 0 Å². The molecular weight excluding hydrogens is 242 g/mol. The maximum absolute atomic E-state index is 9.64. The van der Waals surface area contributed by atoms with E-state index in [-0.39, 0.29) is 12.1 Å². The summed E-state index contributed by atoms with van der Waals surface area (Å²) in [5.74, 6) is 0. The molecule has 0 aromatic heterocycles. The van der Waals surface area contributed by atoms with Crippen molar-refractivity contribution in [1.82, 2.24) is 5.32 Å². The second kappa shape index (κ2) is 6.62. The van der Waals surface area contributed by atoms with Crippen molar-refractivity contribution in [2.24, 2.45) is 0 Å². The predicted octanol–water partition coefficient (Wildman–Crippen LogP) is 3.33. The van der Waals surface area contributed by atoms with Crippen molar-refractivity contribution in [2.75, 3.05) is 6.61 Å². The van der Waals surface area contributed by atoms with Crippen molar-refractivity contribution >= 4 is 11.8 Å². The molecule has 2 atom stereocenters. The molecule has 2 saturated carbocycles. The SMILES string of the molecule is CC(CC(C)(CO)NC1CC1)SC1CCCCC1. The predicted molar refractivity (Wildman–Crippen MR) is 80.2 cm³/mol. The summed E-state index contributed by atoms with van der Waals surface area (Å²) < 4.78 is 0. The zero-order valence-electron chi connectivity index (χ0n) is 12.0. The van der Waals surface area contributed by atoms with Gasteiger partial charge in [-0.3, -0.25) is 0 Å². The van der Waals surface area contributed by atoms with Crippen molar-refractivity contribution in [3.63, 3.8) is 0 Å². The van der Waals surface area contributed by atoms with Gasteiger partial charge in [-0.1, -0.05) is 26.2 Å². The van der Waals surface area contributed by atoms with Gasteiger partial charge >= 0.3 is 0 Å². The van der Waals surface area contributed by atoms with Crippen molar-refractivity contribution in [1.29, 1.82) is 0 Å². The Hall–Kier alpha value is 0.270. The van der Waals surface area contributed by atoms with Gasteiger partial charge in [0.2, 0.25) is 0 Å². The second-order valence-corrected chi connectivity index (χ2v) is 8.29. The topological polar surface area (TPSA) is 32.3 Å². The molecule has 106 valence electrons. The Bertz CT molecular complexity index is 251. The van der Waals surface area contributed by atoms with Crippen LogP contribution in [0.2, 0.25) is 0 Å². The maximum Gasteiger partial charge on any atom is 0.0611 e. The Morgan fingerprint density at radius 1 is 1.22 bits per heavy atom. The molecule has 0 radical (unpaired) electrons. The lowest BCUT2D eigenvalue weighted by molar-refractivity contribution is 0.164. The highest BCUT2D eigenvalue weighted by Crippen LogP contribution is 2.34. The Morgan fingerprint density at radius 3 is 2.44 bits per heavy atom. The lowest BCUT2D eigenvalue weighted by atomic mass is 9.97. The zero-order valence-corrected chi connectivity index (χ0v) is 12.8. The zero-order chi connectivity index (χ0) is 13.0. The van der Waals surface area contributed by atoms with Crippen LogP contribution in [0.5, 0.6) is 0 Å². The summed E-state index contributed by atoms with van der Waals surface area (Å²) in [4.78, 5) is 0. The fourth-order valence-electron chi connectivity index (χ4n) is 3.10. The molecule has 0 saturated heterocycles. The highest BCUT2D eigenvalue weighted by Gasteiger charge is 2.33. The van der Waals surface area contributed by atoms with Crippen LogP contribution in [0.4, 0.5) is 0 Å². The third-order valence-corrected chi connectivity index (χ3v) is 5.68. The molecule has 0 heterocycles. The van der Waals surface area contributed by atoms with Crippen LogP contribution >= 0.6 is 11.8 Å². The van der Waals surface area contributed by atoms with Gasteiger partial charge in [-0.15, -0.1) is 0 Å². The van der Waals surface area contributed by atoms with E-state index in [1.807, 2.05) is 0 Å². The van der Waals surface area contributed by atoms with Crippen LogP contribution in [-0.2, 0) is 0 Å².